The number of ether oxygens (including phenoxy) is 1. The zero-order chi connectivity index (χ0) is 19.2. The number of nitrogens with zero attached hydrogens (tertiary/aromatic N) is 1. The van der Waals surface area contributed by atoms with E-state index in [2.05, 4.69) is 10.2 Å². The van der Waals surface area contributed by atoms with Crippen molar-refractivity contribution in [3.8, 4) is 5.75 Å². The number of anilines is 1. The molecule has 0 saturated heterocycles. The van der Waals surface area contributed by atoms with Gasteiger partial charge in [-0.2, -0.15) is 0 Å². The van der Waals surface area contributed by atoms with E-state index >= 15 is 0 Å². The van der Waals surface area contributed by atoms with Crippen LogP contribution in [0.25, 0.3) is 0 Å². The van der Waals surface area contributed by atoms with Crippen LogP contribution in [0.4, 0.5) is 10.5 Å². The number of carbonyl (C=O) groups is 1. The molecule has 2 atom stereocenters. The van der Waals surface area contributed by atoms with Gasteiger partial charge >= 0.3 is 6.09 Å². The van der Waals surface area contributed by atoms with Crippen LogP contribution < -0.4 is 10.2 Å². The van der Waals surface area contributed by atoms with Gasteiger partial charge < -0.3 is 30.3 Å². The summed E-state index contributed by atoms with van der Waals surface area (Å²) in [5, 5.41) is 32.9. The van der Waals surface area contributed by atoms with Crippen molar-refractivity contribution in [3.05, 3.63) is 23.8 Å². The van der Waals surface area contributed by atoms with E-state index in [9.17, 15) is 20.1 Å². The maximum Gasteiger partial charge on any atom is 0.407 e. The minimum absolute atomic E-state index is 0.104. The molecule has 1 rings (SSSR count). The molecule has 7 nitrogen and oxygen atoms in total. The lowest BCUT2D eigenvalue weighted by Crippen LogP contribution is -2.38. The van der Waals surface area contributed by atoms with Crippen LogP contribution in [-0.2, 0) is 4.74 Å². The number of carbonyl (C=O) groups excluding carboxylic acids is 1. The van der Waals surface area contributed by atoms with E-state index in [1.54, 1.807) is 39.0 Å². The summed E-state index contributed by atoms with van der Waals surface area (Å²) in [5.74, 6) is -0.104. The van der Waals surface area contributed by atoms with Crippen LogP contribution in [0.1, 0.15) is 46.3 Å². The highest BCUT2D eigenvalue weighted by Gasteiger charge is 2.24. The Hall–Kier alpha value is -1.99. The lowest BCUT2D eigenvalue weighted by atomic mass is 10.0. The molecule has 0 aromatic heterocycles. The summed E-state index contributed by atoms with van der Waals surface area (Å²) >= 11 is 0. The molecule has 4 N–H and O–H groups in total. The molecule has 1 aromatic rings. The number of rotatable bonds is 7. The van der Waals surface area contributed by atoms with Crippen LogP contribution in [0, 0.1) is 0 Å². The number of aromatic hydroxyl groups is 1. The van der Waals surface area contributed by atoms with E-state index < -0.39 is 23.9 Å². The highest BCUT2D eigenvalue weighted by atomic mass is 16.6. The molecule has 1 amide bonds. The molecule has 0 bridgehead atoms. The lowest BCUT2D eigenvalue weighted by molar-refractivity contribution is 0.0119. The van der Waals surface area contributed by atoms with Gasteiger partial charge in [0.1, 0.15) is 23.6 Å². The minimum Gasteiger partial charge on any atom is -0.507 e. The van der Waals surface area contributed by atoms with Crippen molar-refractivity contribution in [3.63, 3.8) is 0 Å². The summed E-state index contributed by atoms with van der Waals surface area (Å²) in [5.41, 5.74) is 0.390. The average Bonchev–Trinajstić information content (AvgIpc) is 2.51. The van der Waals surface area contributed by atoms with Crippen LogP contribution >= 0.6 is 0 Å². The van der Waals surface area contributed by atoms with Gasteiger partial charge in [-0.1, -0.05) is 6.07 Å². The Kier molecular flexibility index (Phi) is 7.51. The third-order valence-corrected chi connectivity index (χ3v) is 3.68. The van der Waals surface area contributed by atoms with E-state index in [1.807, 2.05) is 13.8 Å². The highest BCUT2D eigenvalue weighted by Crippen LogP contribution is 2.30. The number of hydrogen-bond acceptors (Lipinski definition) is 6. The van der Waals surface area contributed by atoms with E-state index in [0.29, 0.717) is 0 Å². The van der Waals surface area contributed by atoms with Gasteiger partial charge in [0.05, 0.1) is 0 Å². The normalized spacial score (nSPS) is 13.9. The fourth-order valence-electron chi connectivity index (χ4n) is 2.39. The second kappa shape index (κ2) is 8.92. The molecule has 0 fully saturated rings. The van der Waals surface area contributed by atoms with Gasteiger partial charge in [-0.25, -0.2) is 4.79 Å². The molecule has 0 radical (unpaired) electrons. The number of hydrogen-bond donors (Lipinski definition) is 4. The molecular formula is C18H30N2O5. The Morgan fingerprint density at radius 3 is 2.32 bits per heavy atom. The van der Waals surface area contributed by atoms with Gasteiger partial charge in [0.2, 0.25) is 0 Å². The molecule has 25 heavy (non-hydrogen) atoms. The first-order chi connectivity index (χ1) is 11.6. The van der Waals surface area contributed by atoms with Gasteiger partial charge in [-0.3, -0.25) is 0 Å². The first kappa shape index (κ1) is 21.1. The first-order valence-corrected chi connectivity index (χ1v) is 8.49. The molecule has 0 saturated carbocycles. The van der Waals surface area contributed by atoms with Crippen molar-refractivity contribution < 1.29 is 24.9 Å². The topological polar surface area (TPSA) is 102 Å². The van der Waals surface area contributed by atoms with E-state index in [0.717, 1.165) is 18.8 Å². The predicted octanol–water partition coefficient (Wildman–Crippen LogP) is 2.16. The number of benzene rings is 1. The van der Waals surface area contributed by atoms with Gasteiger partial charge in [0, 0.05) is 37.0 Å². The minimum atomic E-state index is -1.33. The van der Waals surface area contributed by atoms with Crippen LogP contribution in [0.15, 0.2) is 18.2 Å². The zero-order valence-electron chi connectivity index (χ0n) is 15.6. The van der Waals surface area contributed by atoms with Gasteiger partial charge in [0.25, 0.3) is 0 Å². The van der Waals surface area contributed by atoms with E-state index in [-0.39, 0.29) is 17.9 Å². The summed E-state index contributed by atoms with van der Waals surface area (Å²) in [4.78, 5) is 13.6. The summed E-state index contributed by atoms with van der Waals surface area (Å²) in [6, 6.07) is 4.91. The molecule has 0 heterocycles. The Morgan fingerprint density at radius 1 is 1.24 bits per heavy atom. The first-order valence-electron chi connectivity index (χ1n) is 8.49. The molecule has 0 spiro atoms. The Balaban J connectivity index is 2.72. The zero-order valence-corrected chi connectivity index (χ0v) is 15.6. The number of phenols is 1. The number of phenolic OH excluding ortho intramolecular Hbond substituents is 1. The van der Waals surface area contributed by atoms with Crippen LogP contribution in [0.2, 0.25) is 0 Å². The van der Waals surface area contributed by atoms with Crippen molar-refractivity contribution in [2.24, 2.45) is 0 Å². The monoisotopic (exact) mass is 354 g/mol. The van der Waals surface area contributed by atoms with E-state index in [1.165, 1.54) is 0 Å². The number of amides is 1. The second-order valence-corrected chi connectivity index (χ2v) is 6.81. The predicted molar refractivity (Wildman–Crippen MR) is 96.9 cm³/mol. The third-order valence-electron chi connectivity index (χ3n) is 3.68. The van der Waals surface area contributed by atoms with Crippen LogP contribution in [-0.4, -0.2) is 52.8 Å². The molecule has 7 heteroatoms. The van der Waals surface area contributed by atoms with Crippen LogP contribution in [0.5, 0.6) is 5.75 Å². The summed E-state index contributed by atoms with van der Waals surface area (Å²) in [7, 11) is 0. The van der Waals surface area contributed by atoms with Gasteiger partial charge in [-0.05, 0) is 40.7 Å². The maximum absolute atomic E-state index is 11.6. The van der Waals surface area contributed by atoms with Crippen molar-refractivity contribution in [1.82, 2.24) is 5.32 Å². The number of alkyl carbamates (subject to hydrolysis) is 1. The highest BCUT2D eigenvalue weighted by molar-refractivity contribution is 5.67. The van der Waals surface area contributed by atoms with Crippen molar-refractivity contribution in [2.45, 2.75) is 52.4 Å². The number of aliphatic hydroxyl groups excluding tert-OH is 2. The Bertz CT molecular complexity index is 567. The largest absolute Gasteiger partial charge is 0.507 e. The quantitative estimate of drug-likeness (QED) is 0.598. The van der Waals surface area contributed by atoms with Crippen molar-refractivity contribution >= 4 is 11.8 Å². The third kappa shape index (κ3) is 6.43. The maximum atomic E-state index is 11.6. The Morgan fingerprint density at radius 2 is 1.84 bits per heavy atom. The summed E-state index contributed by atoms with van der Waals surface area (Å²) in [6.07, 6.45) is -3.29. The molecule has 2 unspecified atom stereocenters. The molecule has 0 aliphatic heterocycles. The molecule has 0 aliphatic carbocycles. The Labute approximate surface area is 149 Å². The van der Waals surface area contributed by atoms with Crippen molar-refractivity contribution in [2.75, 3.05) is 24.5 Å². The SMILES string of the molecule is CCN(CC)c1ccc(C(O)C(O)CNC(=O)OC(C)(C)C)c(O)c1. The van der Waals surface area contributed by atoms with Crippen LogP contribution in [0.3, 0.4) is 0 Å². The molecule has 0 aliphatic rings. The number of nitrogens with one attached hydrogen (secondary N) is 1. The standard InChI is InChI=1S/C18H30N2O5/c1-6-20(7-2)12-8-9-13(14(21)10-12)16(23)15(22)11-19-17(24)25-18(3,4)5/h8-10,15-16,21-23H,6-7,11H2,1-5H3,(H,19,24). The number of aliphatic hydroxyl groups is 2. The van der Waals surface area contributed by atoms with Crippen molar-refractivity contribution in [1.29, 1.82) is 0 Å². The van der Waals surface area contributed by atoms with E-state index in [4.69, 9.17) is 4.74 Å². The molecule has 1 aromatic carbocycles. The average molecular weight is 354 g/mol. The lowest BCUT2D eigenvalue weighted by Gasteiger charge is -2.24. The summed E-state index contributed by atoms with van der Waals surface area (Å²) < 4.78 is 5.07. The van der Waals surface area contributed by atoms with Gasteiger partial charge in [-0.15, -0.1) is 0 Å². The summed E-state index contributed by atoms with van der Waals surface area (Å²) in [6.45, 7) is 10.6. The molecular weight excluding hydrogens is 324 g/mol. The fourth-order valence-corrected chi connectivity index (χ4v) is 2.39. The molecule has 142 valence electrons. The van der Waals surface area contributed by atoms with Gasteiger partial charge in [0.15, 0.2) is 0 Å². The second-order valence-electron chi connectivity index (χ2n) is 6.81. The fraction of sp³-hybridized carbons (Fsp3) is 0.611. The smallest absolute Gasteiger partial charge is 0.407 e.